The van der Waals surface area contributed by atoms with E-state index in [-0.39, 0.29) is 0 Å². The fraction of sp³-hybridized carbons (Fsp3) is 0.500. The summed E-state index contributed by atoms with van der Waals surface area (Å²) in [6, 6.07) is 3.66. The molecule has 5 heteroatoms. The van der Waals surface area contributed by atoms with Crippen LogP contribution in [0.1, 0.15) is 18.1 Å². The topological polar surface area (TPSA) is 65.0 Å². The Hall–Kier alpha value is -1.75. The Morgan fingerprint density at radius 2 is 1.95 bits per heavy atom. The third-order valence-electron chi connectivity index (χ3n) is 2.95. The van der Waals surface area contributed by atoms with Crippen LogP contribution in [0.15, 0.2) is 12.1 Å². The molecule has 0 aliphatic carbocycles. The van der Waals surface area contributed by atoms with E-state index in [4.69, 9.17) is 19.3 Å². The predicted molar refractivity (Wildman–Crippen MR) is 70.8 cm³/mol. The second-order valence-corrected chi connectivity index (χ2v) is 4.32. The number of carboxylic acid groups (broad SMARTS) is 1. The van der Waals surface area contributed by atoms with Crippen LogP contribution in [-0.2, 0) is 22.6 Å². The first-order valence-electron chi connectivity index (χ1n) is 5.99. The van der Waals surface area contributed by atoms with Gasteiger partial charge in [0.05, 0.1) is 26.7 Å². The maximum Gasteiger partial charge on any atom is 0.306 e. The molecule has 1 atom stereocenters. The molecule has 0 amide bonds. The van der Waals surface area contributed by atoms with Crippen molar-refractivity contribution in [3.05, 3.63) is 23.3 Å². The van der Waals surface area contributed by atoms with Crippen LogP contribution in [0.25, 0.3) is 0 Å². The first-order valence-corrected chi connectivity index (χ1v) is 5.99. The molecule has 0 spiro atoms. The molecule has 0 fully saturated rings. The highest BCUT2D eigenvalue weighted by Crippen LogP contribution is 2.34. The van der Waals surface area contributed by atoms with Gasteiger partial charge in [-0.05, 0) is 18.6 Å². The van der Waals surface area contributed by atoms with Crippen LogP contribution in [0.4, 0.5) is 0 Å². The SMILES string of the molecule is COCc1ccc(OC)c(CC(C)C(=O)O)c1OC. The molecule has 1 rings (SSSR count). The monoisotopic (exact) mass is 268 g/mol. The lowest BCUT2D eigenvalue weighted by atomic mass is 9.97. The van der Waals surface area contributed by atoms with Gasteiger partial charge in [0.25, 0.3) is 0 Å². The van der Waals surface area contributed by atoms with Gasteiger partial charge in [0.2, 0.25) is 0 Å². The zero-order valence-corrected chi connectivity index (χ0v) is 11.7. The third-order valence-corrected chi connectivity index (χ3v) is 2.95. The molecular formula is C14H20O5. The lowest BCUT2D eigenvalue weighted by molar-refractivity contribution is -0.141. The van der Waals surface area contributed by atoms with Crippen molar-refractivity contribution < 1.29 is 24.1 Å². The third kappa shape index (κ3) is 3.61. The van der Waals surface area contributed by atoms with Crippen molar-refractivity contribution in [3.8, 4) is 11.5 Å². The average molecular weight is 268 g/mol. The second kappa shape index (κ2) is 6.99. The van der Waals surface area contributed by atoms with Gasteiger partial charge >= 0.3 is 5.97 Å². The Balaban J connectivity index is 3.22. The number of ether oxygens (including phenoxy) is 3. The first-order chi connectivity index (χ1) is 9.04. The van der Waals surface area contributed by atoms with Crippen LogP contribution in [0, 0.1) is 5.92 Å². The molecule has 19 heavy (non-hydrogen) atoms. The van der Waals surface area contributed by atoms with E-state index in [2.05, 4.69) is 0 Å². The lowest BCUT2D eigenvalue weighted by Crippen LogP contribution is -2.14. The molecule has 0 radical (unpaired) electrons. The Kier molecular flexibility index (Phi) is 5.63. The summed E-state index contributed by atoms with van der Waals surface area (Å²) in [5.41, 5.74) is 1.63. The summed E-state index contributed by atoms with van der Waals surface area (Å²) in [5.74, 6) is -0.0963. The number of benzene rings is 1. The van der Waals surface area contributed by atoms with Crippen LogP contribution in [0.5, 0.6) is 11.5 Å². The summed E-state index contributed by atoms with van der Waals surface area (Å²) in [6.45, 7) is 2.06. The molecule has 0 aromatic heterocycles. The van der Waals surface area contributed by atoms with Gasteiger partial charge in [-0.3, -0.25) is 4.79 Å². The van der Waals surface area contributed by atoms with Crippen molar-refractivity contribution in [2.75, 3.05) is 21.3 Å². The number of carbonyl (C=O) groups is 1. The summed E-state index contributed by atoms with van der Waals surface area (Å²) in [6.07, 6.45) is 0.346. The van der Waals surface area contributed by atoms with Gasteiger partial charge in [0.1, 0.15) is 11.5 Å². The van der Waals surface area contributed by atoms with Gasteiger partial charge in [-0.2, -0.15) is 0 Å². The Labute approximate surface area is 113 Å². The van der Waals surface area contributed by atoms with Gasteiger partial charge in [-0.1, -0.05) is 6.92 Å². The number of hydrogen-bond acceptors (Lipinski definition) is 4. The van der Waals surface area contributed by atoms with Crippen LogP contribution in [0.2, 0.25) is 0 Å². The highest BCUT2D eigenvalue weighted by Gasteiger charge is 2.20. The molecule has 106 valence electrons. The molecule has 0 saturated carbocycles. The summed E-state index contributed by atoms with van der Waals surface area (Å²) in [7, 11) is 4.71. The quantitative estimate of drug-likeness (QED) is 0.820. The van der Waals surface area contributed by atoms with Crippen LogP contribution >= 0.6 is 0 Å². The Morgan fingerprint density at radius 1 is 1.26 bits per heavy atom. The number of carboxylic acids is 1. The predicted octanol–water partition coefficient (Wildman–Crippen LogP) is 2.11. The summed E-state index contributed by atoms with van der Waals surface area (Å²) in [4.78, 5) is 11.0. The van der Waals surface area contributed by atoms with E-state index in [0.29, 0.717) is 24.5 Å². The molecule has 1 N–H and O–H groups in total. The fourth-order valence-electron chi connectivity index (χ4n) is 1.96. The minimum Gasteiger partial charge on any atom is -0.496 e. The smallest absolute Gasteiger partial charge is 0.306 e. The van der Waals surface area contributed by atoms with E-state index in [1.165, 1.54) is 0 Å². The van der Waals surface area contributed by atoms with Gasteiger partial charge in [-0.25, -0.2) is 0 Å². The molecule has 0 aliphatic heterocycles. The minimum absolute atomic E-state index is 0.346. The van der Waals surface area contributed by atoms with E-state index in [1.54, 1.807) is 34.3 Å². The van der Waals surface area contributed by atoms with Crippen molar-refractivity contribution in [2.45, 2.75) is 20.0 Å². The van der Waals surface area contributed by atoms with Crippen molar-refractivity contribution in [3.63, 3.8) is 0 Å². The van der Waals surface area contributed by atoms with Gasteiger partial charge < -0.3 is 19.3 Å². The van der Waals surface area contributed by atoms with Crippen molar-refractivity contribution in [2.24, 2.45) is 5.92 Å². The maximum absolute atomic E-state index is 11.0. The normalized spacial score (nSPS) is 12.0. The summed E-state index contributed by atoms with van der Waals surface area (Å²) >= 11 is 0. The first kappa shape index (κ1) is 15.3. The summed E-state index contributed by atoms with van der Waals surface area (Å²) in [5, 5.41) is 9.04. The van der Waals surface area contributed by atoms with Crippen LogP contribution in [-0.4, -0.2) is 32.4 Å². The zero-order valence-electron chi connectivity index (χ0n) is 11.7. The molecule has 0 saturated heterocycles. The largest absolute Gasteiger partial charge is 0.496 e. The van der Waals surface area contributed by atoms with Gasteiger partial charge in [0.15, 0.2) is 0 Å². The zero-order chi connectivity index (χ0) is 14.4. The van der Waals surface area contributed by atoms with Crippen LogP contribution in [0.3, 0.4) is 0 Å². The molecular weight excluding hydrogens is 248 g/mol. The number of aliphatic carboxylic acids is 1. The fourth-order valence-corrected chi connectivity index (χ4v) is 1.96. The van der Waals surface area contributed by atoms with E-state index < -0.39 is 11.9 Å². The van der Waals surface area contributed by atoms with Crippen molar-refractivity contribution >= 4 is 5.97 Å². The molecule has 0 bridgehead atoms. The molecule has 0 heterocycles. The van der Waals surface area contributed by atoms with E-state index >= 15 is 0 Å². The average Bonchev–Trinajstić information content (AvgIpc) is 2.39. The highest BCUT2D eigenvalue weighted by atomic mass is 16.5. The summed E-state index contributed by atoms with van der Waals surface area (Å²) < 4.78 is 15.8. The molecule has 1 aromatic carbocycles. The molecule has 1 aromatic rings. The van der Waals surface area contributed by atoms with Gasteiger partial charge in [-0.15, -0.1) is 0 Å². The number of rotatable bonds is 7. The van der Waals surface area contributed by atoms with Crippen molar-refractivity contribution in [1.82, 2.24) is 0 Å². The Morgan fingerprint density at radius 3 is 2.42 bits per heavy atom. The highest BCUT2D eigenvalue weighted by molar-refractivity contribution is 5.70. The second-order valence-electron chi connectivity index (χ2n) is 4.32. The van der Waals surface area contributed by atoms with E-state index in [9.17, 15) is 4.79 Å². The lowest BCUT2D eigenvalue weighted by Gasteiger charge is -2.18. The van der Waals surface area contributed by atoms with Crippen molar-refractivity contribution in [1.29, 1.82) is 0 Å². The molecule has 1 unspecified atom stereocenters. The number of hydrogen-bond donors (Lipinski definition) is 1. The van der Waals surface area contributed by atoms with E-state index in [1.807, 2.05) is 6.07 Å². The van der Waals surface area contributed by atoms with Crippen LogP contribution < -0.4 is 9.47 Å². The Bertz CT molecular complexity index is 442. The molecule has 5 nitrogen and oxygen atoms in total. The van der Waals surface area contributed by atoms with E-state index in [0.717, 1.165) is 11.1 Å². The van der Waals surface area contributed by atoms with Gasteiger partial charge in [0, 0.05) is 18.2 Å². The molecule has 0 aliphatic rings. The number of methoxy groups -OCH3 is 3. The minimum atomic E-state index is -0.846. The standard InChI is InChI=1S/C14H20O5/c1-9(14(15)16)7-11-12(18-3)6-5-10(8-17-2)13(11)19-4/h5-6,9H,7-8H2,1-4H3,(H,15,16). The maximum atomic E-state index is 11.0.